The first-order valence-electron chi connectivity index (χ1n) is 9.24. The molecule has 2 amide bonds. The summed E-state index contributed by atoms with van der Waals surface area (Å²) in [4.78, 5) is 28.0. The van der Waals surface area contributed by atoms with E-state index in [1.54, 1.807) is 4.90 Å². The molecule has 25 heavy (non-hydrogen) atoms. The summed E-state index contributed by atoms with van der Waals surface area (Å²) in [6.45, 7) is 4.32. The molecule has 0 radical (unpaired) electrons. The molecule has 1 N–H and O–H groups in total. The van der Waals surface area contributed by atoms with E-state index in [0.29, 0.717) is 19.5 Å². The first kappa shape index (κ1) is 17.9. The molecule has 0 spiro atoms. The van der Waals surface area contributed by atoms with Crippen molar-refractivity contribution < 1.29 is 14.7 Å². The summed E-state index contributed by atoms with van der Waals surface area (Å²) < 4.78 is 0. The molecule has 5 nitrogen and oxygen atoms in total. The molecule has 5 heteroatoms. The van der Waals surface area contributed by atoms with Gasteiger partial charge in [-0.15, -0.1) is 0 Å². The SMILES string of the molecule is Cc1ccccc1C[C@@]1(CO)CCCN(C(=O)CN2CCCC2=O)C1. The molecular weight excluding hydrogens is 316 g/mol. The van der Waals surface area contributed by atoms with Crippen molar-refractivity contribution in [2.75, 3.05) is 32.8 Å². The lowest BCUT2D eigenvalue weighted by molar-refractivity contribution is -0.141. The number of hydrogen-bond donors (Lipinski definition) is 1. The molecule has 2 fully saturated rings. The number of carbonyl (C=O) groups excluding carboxylic acids is 2. The van der Waals surface area contributed by atoms with Crippen molar-refractivity contribution in [2.24, 2.45) is 5.41 Å². The highest BCUT2D eigenvalue weighted by Crippen LogP contribution is 2.34. The van der Waals surface area contributed by atoms with Gasteiger partial charge in [0.1, 0.15) is 0 Å². The number of aliphatic hydroxyl groups is 1. The van der Waals surface area contributed by atoms with E-state index in [1.807, 2.05) is 17.0 Å². The smallest absolute Gasteiger partial charge is 0.242 e. The maximum absolute atomic E-state index is 12.7. The van der Waals surface area contributed by atoms with Gasteiger partial charge in [0.05, 0.1) is 13.2 Å². The van der Waals surface area contributed by atoms with Crippen molar-refractivity contribution in [1.82, 2.24) is 9.80 Å². The second kappa shape index (κ2) is 7.56. The third kappa shape index (κ3) is 4.03. The van der Waals surface area contributed by atoms with Gasteiger partial charge in [0.25, 0.3) is 0 Å². The Morgan fingerprint density at radius 2 is 2.04 bits per heavy atom. The molecule has 136 valence electrons. The van der Waals surface area contributed by atoms with Gasteiger partial charge in [-0.1, -0.05) is 24.3 Å². The van der Waals surface area contributed by atoms with E-state index in [2.05, 4.69) is 19.1 Å². The van der Waals surface area contributed by atoms with Crippen LogP contribution in [0.2, 0.25) is 0 Å². The molecule has 3 rings (SSSR count). The Morgan fingerprint density at radius 1 is 1.24 bits per heavy atom. The minimum atomic E-state index is -0.283. The Labute approximate surface area is 149 Å². The van der Waals surface area contributed by atoms with Gasteiger partial charge in [-0.2, -0.15) is 0 Å². The number of carbonyl (C=O) groups is 2. The number of benzene rings is 1. The predicted octanol–water partition coefficient (Wildman–Crippen LogP) is 1.76. The Morgan fingerprint density at radius 3 is 2.72 bits per heavy atom. The fourth-order valence-corrected chi connectivity index (χ4v) is 4.10. The molecule has 2 heterocycles. The number of rotatable bonds is 5. The molecule has 1 aromatic carbocycles. The van der Waals surface area contributed by atoms with Gasteiger partial charge in [0, 0.05) is 31.5 Å². The van der Waals surface area contributed by atoms with Crippen LogP contribution in [0.15, 0.2) is 24.3 Å². The summed E-state index contributed by atoms with van der Waals surface area (Å²) in [5.74, 6) is 0.0937. The highest BCUT2D eigenvalue weighted by Gasteiger charge is 2.37. The molecule has 0 saturated carbocycles. The Bertz CT molecular complexity index is 646. The minimum Gasteiger partial charge on any atom is -0.396 e. The molecule has 0 bridgehead atoms. The van der Waals surface area contributed by atoms with Gasteiger partial charge in [0.2, 0.25) is 11.8 Å². The van der Waals surface area contributed by atoms with E-state index < -0.39 is 0 Å². The summed E-state index contributed by atoms with van der Waals surface area (Å²) in [5.41, 5.74) is 2.18. The summed E-state index contributed by atoms with van der Waals surface area (Å²) in [5, 5.41) is 10.1. The molecule has 0 aromatic heterocycles. The van der Waals surface area contributed by atoms with Crippen molar-refractivity contribution in [2.45, 2.75) is 39.0 Å². The summed E-state index contributed by atoms with van der Waals surface area (Å²) in [7, 11) is 0. The van der Waals surface area contributed by atoms with Gasteiger partial charge >= 0.3 is 0 Å². The number of aliphatic hydroxyl groups excluding tert-OH is 1. The standard InChI is InChI=1S/C20H28N2O3/c1-16-6-2-3-7-17(16)12-20(15-23)9-5-11-22(14-20)19(25)13-21-10-4-8-18(21)24/h2-3,6-7,23H,4-5,8-15H2,1H3/t20-/m0/s1. The van der Waals surface area contributed by atoms with Crippen LogP contribution in [0.1, 0.15) is 36.8 Å². The van der Waals surface area contributed by atoms with Crippen LogP contribution in [0, 0.1) is 12.3 Å². The van der Waals surface area contributed by atoms with Crippen LogP contribution >= 0.6 is 0 Å². The molecular formula is C20H28N2O3. The Balaban J connectivity index is 1.68. The normalized spacial score (nSPS) is 24.0. The van der Waals surface area contributed by atoms with Crippen LogP contribution in [0.3, 0.4) is 0 Å². The van der Waals surface area contributed by atoms with E-state index in [1.165, 1.54) is 11.1 Å². The lowest BCUT2D eigenvalue weighted by Gasteiger charge is -2.42. The Hall–Kier alpha value is -1.88. The summed E-state index contributed by atoms with van der Waals surface area (Å²) in [6.07, 6.45) is 4.00. The van der Waals surface area contributed by atoms with Gasteiger partial charge in [-0.05, 0) is 43.7 Å². The van der Waals surface area contributed by atoms with Gasteiger partial charge in [0.15, 0.2) is 0 Å². The van der Waals surface area contributed by atoms with Crippen molar-refractivity contribution in [3.63, 3.8) is 0 Å². The second-order valence-corrected chi connectivity index (χ2v) is 7.60. The fraction of sp³-hybridized carbons (Fsp3) is 0.600. The zero-order valence-corrected chi connectivity index (χ0v) is 15.0. The van der Waals surface area contributed by atoms with Crippen LogP contribution in [-0.2, 0) is 16.0 Å². The van der Waals surface area contributed by atoms with E-state index in [4.69, 9.17) is 0 Å². The zero-order valence-electron chi connectivity index (χ0n) is 15.0. The number of nitrogens with zero attached hydrogens (tertiary/aromatic N) is 2. The molecule has 0 aliphatic carbocycles. The maximum Gasteiger partial charge on any atom is 0.242 e. The fourth-order valence-electron chi connectivity index (χ4n) is 4.10. The van der Waals surface area contributed by atoms with Crippen LogP contribution in [0.4, 0.5) is 0 Å². The van der Waals surface area contributed by atoms with Crippen LogP contribution in [0.5, 0.6) is 0 Å². The minimum absolute atomic E-state index is 0.0116. The molecule has 2 aliphatic rings. The molecule has 1 aromatic rings. The topological polar surface area (TPSA) is 60.9 Å². The third-order valence-corrected chi connectivity index (χ3v) is 5.67. The van der Waals surface area contributed by atoms with Gasteiger partial charge < -0.3 is 14.9 Å². The third-order valence-electron chi connectivity index (χ3n) is 5.67. The lowest BCUT2D eigenvalue weighted by Crippen LogP contribution is -2.51. The number of amides is 2. The number of piperidine rings is 1. The van der Waals surface area contributed by atoms with Crippen molar-refractivity contribution in [3.05, 3.63) is 35.4 Å². The van der Waals surface area contributed by atoms with Crippen LogP contribution in [0.25, 0.3) is 0 Å². The summed E-state index contributed by atoms with van der Waals surface area (Å²) in [6, 6.07) is 8.24. The van der Waals surface area contributed by atoms with Crippen LogP contribution in [-0.4, -0.2) is 59.5 Å². The first-order chi connectivity index (χ1) is 12.0. The lowest BCUT2D eigenvalue weighted by atomic mass is 9.75. The molecule has 0 unspecified atom stereocenters. The van der Waals surface area contributed by atoms with Gasteiger partial charge in [-0.3, -0.25) is 9.59 Å². The van der Waals surface area contributed by atoms with E-state index in [0.717, 1.165) is 32.2 Å². The second-order valence-electron chi connectivity index (χ2n) is 7.60. The van der Waals surface area contributed by atoms with Crippen molar-refractivity contribution in [1.29, 1.82) is 0 Å². The monoisotopic (exact) mass is 344 g/mol. The Kier molecular flexibility index (Phi) is 5.42. The molecule has 1 atom stereocenters. The average molecular weight is 344 g/mol. The van der Waals surface area contributed by atoms with Crippen molar-refractivity contribution in [3.8, 4) is 0 Å². The van der Waals surface area contributed by atoms with Crippen molar-refractivity contribution >= 4 is 11.8 Å². The number of likely N-dealkylation sites (tertiary alicyclic amines) is 2. The largest absolute Gasteiger partial charge is 0.396 e. The average Bonchev–Trinajstić information content (AvgIpc) is 3.02. The zero-order chi connectivity index (χ0) is 17.9. The number of aryl methyl sites for hydroxylation is 1. The quantitative estimate of drug-likeness (QED) is 0.885. The summed E-state index contributed by atoms with van der Waals surface area (Å²) >= 11 is 0. The van der Waals surface area contributed by atoms with E-state index in [9.17, 15) is 14.7 Å². The molecule has 2 saturated heterocycles. The highest BCUT2D eigenvalue weighted by molar-refractivity contribution is 5.86. The highest BCUT2D eigenvalue weighted by atomic mass is 16.3. The first-order valence-corrected chi connectivity index (χ1v) is 9.24. The van der Waals surface area contributed by atoms with E-state index in [-0.39, 0.29) is 30.4 Å². The van der Waals surface area contributed by atoms with E-state index >= 15 is 0 Å². The van der Waals surface area contributed by atoms with Crippen LogP contribution < -0.4 is 0 Å². The maximum atomic E-state index is 12.7. The predicted molar refractivity (Wildman–Crippen MR) is 96.0 cm³/mol. The molecule has 2 aliphatic heterocycles. The van der Waals surface area contributed by atoms with Gasteiger partial charge in [-0.25, -0.2) is 0 Å². The number of hydrogen-bond acceptors (Lipinski definition) is 3.